The van der Waals surface area contributed by atoms with E-state index in [-0.39, 0.29) is 12.5 Å². The van der Waals surface area contributed by atoms with Crippen LogP contribution in [0.5, 0.6) is 0 Å². The molecule has 1 N–H and O–H groups in total. The summed E-state index contributed by atoms with van der Waals surface area (Å²) in [5.74, 6) is -1.67. The number of hydrogen-bond donors (Lipinski definition) is 1. The highest BCUT2D eigenvalue weighted by Gasteiger charge is 2.44. The van der Waals surface area contributed by atoms with Crippen molar-refractivity contribution in [3.63, 3.8) is 0 Å². The van der Waals surface area contributed by atoms with E-state index in [1.807, 2.05) is 0 Å². The minimum Gasteiger partial charge on any atom is -0.314 e. The molecule has 2 aromatic rings. The summed E-state index contributed by atoms with van der Waals surface area (Å²) in [6, 6.07) is 1.08. The topological polar surface area (TPSA) is 45.2 Å². The molecule has 1 saturated heterocycles. The zero-order valence-corrected chi connectivity index (χ0v) is 14.9. The van der Waals surface area contributed by atoms with Crippen LogP contribution >= 0.6 is 11.6 Å². The Morgan fingerprint density at radius 1 is 1.25 bits per heavy atom. The Hall–Kier alpha value is -2.42. The van der Waals surface area contributed by atoms with Gasteiger partial charge in [-0.1, -0.05) is 11.6 Å². The lowest BCUT2D eigenvalue weighted by Crippen LogP contribution is -2.44. The molecule has 1 aromatic heterocycles. The standard InChI is InChI=1S/C18H13ClF5N3O/c19-12-7-13(20)14(6-11(12)18(22,23)24)26-17(28)27-8-1-2-15(27)9-3-4-25-16(21)10(9)5-8/h3-4,6-8,15H,1-2,5H2,(H,26,28)/t8-,15+/m1/s1. The Kier molecular flexibility index (Phi) is 4.45. The Bertz CT molecular complexity index is 965. The predicted molar refractivity (Wildman–Crippen MR) is 90.9 cm³/mol. The average Bonchev–Trinajstić information content (AvgIpc) is 2.92. The summed E-state index contributed by atoms with van der Waals surface area (Å²) in [4.78, 5) is 17.8. The predicted octanol–water partition coefficient (Wildman–Crippen LogP) is 5.33. The van der Waals surface area contributed by atoms with Gasteiger partial charge in [-0.05, 0) is 43.0 Å². The molecule has 10 heteroatoms. The van der Waals surface area contributed by atoms with Crippen molar-refractivity contribution in [2.24, 2.45) is 0 Å². The molecule has 4 nitrogen and oxygen atoms in total. The number of carbonyl (C=O) groups is 1. The van der Waals surface area contributed by atoms with Gasteiger partial charge in [0.15, 0.2) is 0 Å². The summed E-state index contributed by atoms with van der Waals surface area (Å²) < 4.78 is 67.1. The van der Waals surface area contributed by atoms with E-state index < -0.39 is 46.3 Å². The first-order chi connectivity index (χ1) is 13.2. The van der Waals surface area contributed by atoms with Crippen molar-refractivity contribution < 1.29 is 26.7 Å². The number of rotatable bonds is 1. The highest BCUT2D eigenvalue weighted by atomic mass is 35.5. The fraction of sp³-hybridized carbons (Fsp3) is 0.333. The number of benzene rings is 1. The van der Waals surface area contributed by atoms with Crippen LogP contribution in [-0.2, 0) is 12.6 Å². The lowest BCUT2D eigenvalue weighted by molar-refractivity contribution is -0.137. The minimum absolute atomic E-state index is 0.246. The summed E-state index contributed by atoms with van der Waals surface area (Å²) in [6.45, 7) is 0. The van der Waals surface area contributed by atoms with Crippen LogP contribution < -0.4 is 5.32 Å². The van der Waals surface area contributed by atoms with Crippen molar-refractivity contribution in [3.05, 3.63) is 57.9 Å². The summed E-state index contributed by atoms with van der Waals surface area (Å²) in [5.41, 5.74) is -0.807. The van der Waals surface area contributed by atoms with Crippen molar-refractivity contribution in [3.8, 4) is 0 Å². The molecule has 2 atom stereocenters. The summed E-state index contributed by atoms with van der Waals surface area (Å²) >= 11 is 5.47. The quantitative estimate of drug-likeness (QED) is 0.504. The van der Waals surface area contributed by atoms with E-state index >= 15 is 0 Å². The molecule has 4 rings (SSSR count). The van der Waals surface area contributed by atoms with Crippen LogP contribution in [-0.4, -0.2) is 22.0 Å². The molecular formula is C18H13ClF5N3O. The SMILES string of the molecule is O=C(Nc1cc(C(F)(F)F)c(Cl)cc1F)N1[C@@H]2CC[C@H]1c1ccnc(F)c1C2. The highest BCUT2D eigenvalue weighted by Crippen LogP contribution is 2.44. The molecule has 3 heterocycles. The maximum absolute atomic E-state index is 14.1. The zero-order valence-electron chi connectivity index (χ0n) is 14.2. The normalized spacial score (nSPS) is 20.9. The summed E-state index contributed by atoms with van der Waals surface area (Å²) in [5, 5.41) is 1.42. The maximum Gasteiger partial charge on any atom is 0.417 e. The van der Waals surface area contributed by atoms with Crippen LogP contribution in [0.4, 0.5) is 32.4 Å². The van der Waals surface area contributed by atoms with Gasteiger partial charge in [0.2, 0.25) is 5.95 Å². The number of amides is 2. The molecule has 2 amide bonds. The molecule has 0 aliphatic carbocycles. The molecule has 0 spiro atoms. The number of fused-ring (bicyclic) bond motifs is 4. The summed E-state index contributed by atoms with van der Waals surface area (Å²) in [7, 11) is 0. The Labute approximate surface area is 161 Å². The molecule has 2 aliphatic heterocycles. The highest BCUT2D eigenvalue weighted by molar-refractivity contribution is 6.31. The van der Waals surface area contributed by atoms with Gasteiger partial charge in [-0.25, -0.2) is 14.2 Å². The Morgan fingerprint density at radius 2 is 2.00 bits per heavy atom. The van der Waals surface area contributed by atoms with E-state index in [4.69, 9.17) is 11.6 Å². The molecule has 2 bridgehead atoms. The van der Waals surface area contributed by atoms with Gasteiger partial charge < -0.3 is 10.2 Å². The smallest absolute Gasteiger partial charge is 0.314 e. The van der Waals surface area contributed by atoms with E-state index in [1.165, 1.54) is 11.1 Å². The minimum atomic E-state index is -4.79. The van der Waals surface area contributed by atoms with E-state index in [0.717, 1.165) is 0 Å². The van der Waals surface area contributed by atoms with Crippen molar-refractivity contribution in [1.29, 1.82) is 0 Å². The first-order valence-corrected chi connectivity index (χ1v) is 8.83. The number of hydrogen-bond acceptors (Lipinski definition) is 2. The first-order valence-electron chi connectivity index (χ1n) is 8.45. The lowest BCUT2D eigenvalue weighted by Gasteiger charge is -2.36. The number of urea groups is 1. The van der Waals surface area contributed by atoms with Gasteiger partial charge in [-0.3, -0.25) is 0 Å². The second-order valence-corrected chi connectivity index (χ2v) is 7.17. The van der Waals surface area contributed by atoms with Crippen molar-refractivity contribution >= 4 is 23.3 Å². The van der Waals surface area contributed by atoms with Crippen LogP contribution in [0.1, 0.15) is 35.6 Å². The maximum atomic E-state index is 14.1. The fourth-order valence-corrected chi connectivity index (χ4v) is 4.23. The van der Waals surface area contributed by atoms with Crippen molar-refractivity contribution in [2.75, 3.05) is 5.32 Å². The largest absolute Gasteiger partial charge is 0.417 e. The number of anilines is 1. The second kappa shape index (κ2) is 6.58. The van der Waals surface area contributed by atoms with Crippen LogP contribution in [0, 0.1) is 11.8 Å². The van der Waals surface area contributed by atoms with Crippen molar-refractivity contribution in [1.82, 2.24) is 9.88 Å². The number of aromatic nitrogens is 1. The van der Waals surface area contributed by atoms with Gasteiger partial charge >= 0.3 is 12.2 Å². The number of nitrogens with one attached hydrogen (secondary N) is 1. The molecule has 2 aliphatic rings. The van der Waals surface area contributed by atoms with Gasteiger partial charge in [0.25, 0.3) is 0 Å². The van der Waals surface area contributed by atoms with Gasteiger partial charge in [0.05, 0.1) is 22.3 Å². The molecule has 28 heavy (non-hydrogen) atoms. The molecule has 1 aromatic carbocycles. The number of pyridine rings is 1. The number of halogens is 6. The molecule has 0 saturated carbocycles. The third kappa shape index (κ3) is 3.07. The van der Waals surface area contributed by atoms with Gasteiger partial charge in [-0.2, -0.15) is 17.6 Å². The van der Waals surface area contributed by atoms with E-state index in [2.05, 4.69) is 10.3 Å². The number of nitrogens with zero attached hydrogens (tertiary/aromatic N) is 2. The van der Waals surface area contributed by atoms with E-state index in [1.54, 1.807) is 6.07 Å². The van der Waals surface area contributed by atoms with Crippen LogP contribution in [0.3, 0.4) is 0 Å². The molecule has 1 fully saturated rings. The van der Waals surface area contributed by atoms with E-state index in [0.29, 0.717) is 36.1 Å². The van der Waals surface area contributed by atoms with Crippen LogP contribution in [0.25, 0.3) is 0 Å². The molecule has 0 unspecified atom stereocenters. The first kappa shape index (κ1) is 18.9. The van der Waals surface area contributed by atoms with Gasteiger partial charge in [-0.15, -0.1) is 0 Å². The van der Waals surface area contributed by atoms with Crippen molar-refractivity contribution in [2.45, 2.75) is 37.5 Å². The Balaban J connectivity index is 1.64. The number of alkyl halides is 3. The average molecular weight is 418 g/mol. The van der Waals surface area contributed by atoms with E-state index in [9.17, 15) is 26.7 Å². The third-order valence-electron chi connectivity index (χ3n) is 5.18. The van der Waals surface area contributed by atoms with Crippen LogP contribution in [0.15, 0.2) is 24.4 Å². The zero-order chi connectivity index (χ0) is 20.2. The fourth-order valence-electron chi connectivity index (χ4n) is 3.97. The molecule has 148 valence electrons. The monoisotopic (exact) mass is 417 g/mol. The van der Waals surface area contributed by atoms with Gasteiger partial charge in [0, 0.05) is 17.8 Å². The van der Waals surface area contributed by atoms with Gasteiger partial charge in [0.1, 0.15) is 5.82 Å². The lowest BCUT2D eigenvalue weighted by atomic mass is 9.95. The number of carbonyl (C=O) groups excluding carboxylic acids is 1. The summed E-state index contributed by atoms with van der Waals surface area (Å²) in [6.07, 6.45) is -2.07. The molecular weight excluding hydrogens is 405 g/mol. The molecule has 0 radical (unpaired) electrons. The Morgan fingerprint density at radius 3 is 2.71 bits per heavy atom. The second-order valence-electron chi connectivity index (χ2n) is 6.77. The third-order valence-corrected chi connectivity index (χ3v) is 5.49. The van der Waals surface area contributed by atoms with Crippen LogP contribution in [0.2, 0.25) is 5.02 Å².